The maximum Gasteiger partial charge on any atom is 0.240 e. The van der Waals surface area contributed by atoms with Crippen LogP contribution in [0.2, 0.25) is 0 Å². The number of unbranched alkanes of at least 4 members (excludes halogenated alkanes) is 1. The molecule has 0 aromatic rings. The molecule has 1 aliphatic heterocycles. The first-order chi connectivity index (χ1) is 8.63. The molecule has 1 N–H and O–H groups in total. The summed E-state index contributed by atoms with van der Waals surface area (Å²) >= 11 is 0. The van der Waals surface area contributed by atoms with Crippen LogP contribution in [0.15, 0.2) is 0 Å². The number of hydrogen-bond donors (Lipinski definition) is 1. The lowest BCUT2D eigenvalue weighted by Gasteiger charge is -2.28. The van der Waals surface area contributed by atoms with Crippen LogP contribution in [0.1, 0.15) is 66.2 Å². The first-order valence-corrected chi connectivity index (χ1v) is 7.70. The highest BCUT2D eigenvalue weighted by atomic mass is 16.2. The van der Waals surface area contributed by atoms with Crippen molar-refractivity contribution in [2.75, 3.05) is 6.54 Å². The van der Waals surface area contributed by atoms with E-state index in [4.69, 9.17) is 0 Å². The largest absolute Gasteiger partial charge is 0.326 e. The van der Waals surface area contributed by atoms with Gasteiger partial charge >= 0.3 is 0 Å². The third-order valence-corrected chi connectivity index (χ3v) is 4.03. The molecule has 0 bridgehead atoms. The fraction of sp³-hybridized carbons (Fsp3) is 0.933. The summed E-state index contributed by atoms with van der Waals surface area (Å²) < 4.78 is 0. The highest BCUT2D eigenvalue weighted by molar-refractivity contribution is 5.83. The van der Waals surface area contributed by atoms with Crippen LogP contribution in [0, 0.1) is 5.92 Å². The highest BCUT2D eigenvalue weighted by Crippen LogP contribution is 2.21. The van der Waals surface area contributed by atoms with Crippen LogP contribution in [0.5, 0.6) is 0 Å². The van der Waals surface area contributed by atoms with Crippen molar-refractivity contribution in [2.24, 2.45) is 5.92 Å². The van der Waals surface area contributed by atoms with E-state index >= 15 is 0 Å². The van der Waals surface area contributed by atoms with Crippen molar-refractivity contribution in [3.8, 4) is 0 Å². The fourth-order valence-electron chi connectivity index (χ4n) is 2.78. The zero-order valence-corrected chi connectivity index (χ0v) is 12.5. The van der Waals surface area contributed by atoms with Crippen LogP contribution >= 0.6 is 0 Å². The number of carbonyl (C=O) groups excluding carboxylic acids is 1. The molecule has 3 heteroatoms. The number of carbonyl (C=O) groups is 1. The second-order valence-electron chi connectivity index (χ2n) is 5.60. The van der Waals surface area contributed by atoms with Gasteiger partial charge in [0.25, 0.3) is 0 Å². The van der Waals surface area contributed by atoms with Gasteiger partial charge < -0.3 is 4.90 Å². The number of nitrogens with one attached hydrogen (secondary N) is 1. The Labute approximate surface area is 112 Å². The van der Waals surface area contributed by atoms with Gasteiger partial charge in [-0.1, -0.05) is 46.5 Å². The van der Waals surface area contributed by atoms with Gasteiger partial charge in [-0.3, -0.25) is 10.1 Å². The van der Waals surface area contributed by atoms with Crippen molar-refractivity contribution in [2.45, 2.75) is 78.4 Å². The van der Waals surface area contributed by atoms with E-state index in [2.05, 4.69) is 31.0 Å². The molecule has 3 unspecified atom stereocenters. The predicted molar refractivity (Wildman–Crippen MR) is 76.3 cm³/mol. The summed E-state index contributed by atoms with van der Waals surface area (Å²) in [6.07, 6.45) is 7.42. The maximum atomic E-state index is 12.2. The Hall–Kier alpha value is -0.570. The Balaban J connectivity index is 2.57. The minimum absolute atomic E-state index is 0.00484. The molecule has 1 fully saturated rings. The Morgan fingerprint density at radius 1 is 1.28 bits per heavy atom. The van der Waals surface area contributed by atoms with Crippen molar-refractivity contribution < 1.29 is 4.79 Å². The van der Waals surface area contributed by atoms with Gasteiger partial charge in [-0.05, 0) is 25.7 Å². The van der Waals surface area contributed by atoms with Gasteiger partial charge in [0.05, 0.1) is 12.2 Å². The summed E-state index contributed by atoms with van der Waals surface area (Å²) in [6, 6.07) is 0.00484. The molecule has 0 spiro atoms. The molecule has 0 radical (unpaired) electrons. The minimum Gasteiger partial charge on any atom is -0.326 e. The molecule has 0 saturated carbocycles. The molecule has 3 atom stereocenters. The average Bonchev–Trinajstić information content (AvgIpc) is 2.62. The number of nitrogens with zero attached hydrogens (tertiary/aromatic N) is 1. The SMILES string of the molecule is CCCCC(CC)CN1C(=O)C(C)NC1CCC. The van der Waals surface area contributed by atoms with Crippen molar-refractivity contribution >= 4 is 5.91 Å². The van der Waals surface area contributed by atoms with Gasteiger partial charge in [0.2, 0.25) is 5.91 Å². The molecular weight excluding hydrogens is 224 g/mol. The van der Waals surface area contributed by atoms with Gasteiger partial charge in [0.1, 0.15) is 0 Å². The van der Waals surface area contributed by atoms with Crippen LogP contribution in [-0.4, -0.2) is 29.6 Å². The van der Waals surface area contributed by atoms with Gasteiger partial charge in [-0.2, -0.15) is 0 Å². The zero-order chi connectivity index (χ0) is 13.5. The van der Waals surface area contributed by atoms with E-state index in [1.807, 2.05) is 6.92 Å². The zero-order valence-electron chi connectivity index (χ0n) is 12.5. The summed E-state index contributed by atoms with van der Waals surface area (Å²) in [5.74, 6) is 0.962. The molecule has 1 rings (SSSR count). The van der Waals surface area contributed by atoms with Crippen molar-refractivity contribution in [3.63, 3.8) is 0 Å². The minimum atomic E-state index is 0.00484. The third-order valence-electron chi connectivity index (χ3n) is 4.03. The molecule has 1 saturated heterocycles. The Morgan fingerprint density at radius 2 is 2.00 bits per heavy atom. The molecule has 3 nitrogen and oxygen atoms in total. The summed E-state index contributed by atoms with van der Waals surface area (Å²) in [6.45, 7) is 9.58. The smallest absolute Gasteiger partial charge is 0.240 e. The Morgan fingerprint density at radius 3 is 2.56 bits per heavy atom. The van der Waals surface area contributed by atoms with Crippen LogP contribution in [-0.2, 0) is 4.79 Å². The molecule has 0 aromatic carbocycles. The molecule has 1 heterocycles. The summed E-state index contributed by atoms with van der Waals surface area (Å²) in [7, 11) is 0. The van der Waals surface area contributed by atoms with E-state index in [0.29, 0.717) is 11.8 Å². The predicted octanol–water partition coefficient (Wildman–Crippen LogP) is 3.15. The fourth-order valence-corrected chi connectivity index (χ4v) is 2.78. The average molecular weight is 254 g/mol. The van der Waals surface area contributed by atoms with Crippen LogP contribution < -0.4 is 5.32 Å². The third kappa shape index (κ3) is 3.98. The van der Waals surface area contributed by atoms with Gasteiger partial charge in [0.15, 0.2) is 0 Å². The number of rotatable bonds is 8. The Bertz CT molecular complexity index is 255. The van der Waals surface area contributed by atoms with Gasteiger partial charge in [-0.15, -0.1) is 0 Å². The monoisotopic (exact) mass is 254 g/mol. The summed E-state index contributed by atoms with van der Waals surface area (Å²) in [5.41, 5.74) is 0. The molecule has 0 aliphatic carbocycles. The van der Waals surface area contributed by atoms with E-state index in [1.54, 1.807) is 0 Å². The first kappa shape index (κ1) is 15.5. The van der Waals surface area contributed by atoms with Gasteiger partial charge in [-0.25, -0.2) is 0 Å². The van der Waals surface area contributed by atoms with Crippen LogP contribution in [0.3, 0.4) is 0 Å². The second-order valence-corrected chi connectivity index (χ2v) is 5.60. The molecule has 18 heavy (non-hydrogen) atoms. The van der Waals surface area contributed by atoms with E-state index in [0.717, 1.165) is 19.4 Å². The highest BCUT2D eigenvalue weighted by Gasteiger charge is 2.36. The van der Waals surface area contributed by atoms with Crippen molar-refractivity contribution in [1.82, 2.24) is 10.2 Å². The van der Waals surface area contributed by atoms with E-state index in [1.165, 1.54) is 25.7 Å². The maximum absolute atomic E-state index is 12.2. The van der Waals surface area contributed by atoms with Crippen LogP contribution in [0.25, 0.3) is 0 Å². The van der Waals surface area contributed by atoms with Crippen LogP contribution in [0.4, 0.5) is 0 Å². The summed E-state index contributed by atoms with van der Waals surface area (Å²) in [5, 5.41) is 3.42. The first-order valence-electron chi connectivity index (χ1n) is 7.70. The molecule has 1 amide bonds. The van der Waals surface area contributed by atoms with E-state index in [-0.39, 0.29) is 12.2 Å². The molecular formula is C15H30N2O. The summed E-state index contributed by atoms with van der Waals surface area (Å²) in [4.78, 5) is 14.3. The van der Waals surface area contributed by atoms with Crippen molar-refractivity contribution in [3.05, 3.63) is 0 Å². The molecule has 106 valence electrons. The van der Waals surface area contributed by atoms with Gasteiger partial charge in [0, 0.05) is 6.54 Å². The van der Waals surface area contributed by atoms with E-state index < -0.39 is 0 Å². The normalized spacial score (nSPS) is 25.8. The molecule has 1 aliphatic rings. The second kappa shape index (κ2) is 7.78. The topological polar surface area (TPSA) is 32.3 Å². The lowest BCUT2D eigenvalue weighted by molar-refractivity contribution is -0.130. The number of amides is 1. The van der Waals surface area contributed by atoms with Crippen molar-refractivity contribution in [1.29, 1.82) is 0 Å². The lowest BCUT2D eigenvalue weighted by Crippen LogP contribution is -2.40. The standard InChI is InChI=1S/C15H30N2O/c1-5-8-10-13(7-3)11-17-14(9-6-2)16-12(4)15(17)18/h12-14,16H,5-11H2,1-4H3. The molecule has 0 aromatic heterocycles. The van der Waals surface area contributed by atoms with E-state index in [9.17, 15) is 4.79 Å². The lowest BCUT2D eigenvalue weighted by atomic mass is 9.98. The quantitative estimate of drug-likeness (QED) is 0.721. The number of hydrogen-bond acceptors (Lipinski definition) is 2. The Kier molecular flexibility index (Phi) is 6.69.